The number of hydrogen-bond donors (Lipinski definition) is 1. The van der Waals surface area contributed by atoms with Crippen LogP contribution in [0.4, 0.5) is 11.4 Å². The smallest absolute Gasteiger partial charge is 0.276 e. The Morgan fingerprint density at radius 2 is 1.85 bits per heavy atom. The lowest BCUT2D eigenvalue weighted by Gasteiger charge is -2.09. The highest BCUT2D eigenvalue weighted by Crippen LogP contribution is 2.30. The highest BCUT2D eigenvalue weighted by Gasteiger charge is 2.15. The van der Waals surface area contributed by atoms with E-state index in [4.69, 9.17) is 9.47 Å². The number of amides is 1. The Bertz CT molecular complexity index is 1340. The Balaban J connectivity index is 1.46. The van der Waals surface area contributed by atoms with Gasteiger partial charge in [-0.15, -0.1) is 0 Å². The third-order valence-electron chi connectivity index (χ3n) is 4.64. The number of rotatable bonds is 8. The first-order valence-electron chi connectivity index (χ1n) is 10.1. The molecule has 0 fully saturated rings. The molecule has 0 bridgehead atoms. The van der Waals surface area contributed by atoms with Crippen LogP contribution < -0.4 is 14.8 Å². The van der Waals surface area contributed by atoms with Gasteiger partial charge in [-0.05, 0) is 55.0 Å². The molecular formula is C24H19BrN4O5. The van der Waals surface area contributed by atoms with Crippen LogP contribution in [0.1, 0.15) is 16.1 Å². The molecule has 0 atom stereocenters. The van der Waals surface area contributed by atoms with E-state index in [0.29, 0.717) is 11.5 Å². The van der Waals surface area contributed by atoms with Crippen molar-refractivity contribution in [2.45, 2.75) is 13.7 Å². The van der Waals surface area contributed by atoms with Crippen molar-refractivity contribution in [3.8, 4) is 17.2 Å². The number of carbonyl (C=O) groups is 1. The van der Waals surface area contributed by atoms with Gasteiger partial charge < -0.3 is 14.8 Å². The van der Waals surface area contributed by atoms with Gasteiger partial charge in [0.2, 0.25) is 0 Å². The molecular weight excluding hydrogens is 504 g/mol. The van der Waals surface area contributed by atoms with Crippen molar-refractivity contribution in [1.82, 2.24) is 9.78 Å². The van der Waals surface area contributed by atoms with E-state index in [1.165, 1.54) is 28.9 Å². The van der Waals surface area contributed by atoms with E-state index in [1.807, 2.05) is 31.2 Å². The fraction of sp³-hybridized carbons (Fsp3) is 0.0833. The summed E-state index contributed by atoms with van der Waals surface area (Å²) in [4.78, 5) is 23.5. The van der Waals surface area contributed by atoms with Crippen molar-refractivity contribution < 1.29 is 19.2 Å². The highest BCUT2D eigenvalue weighted by atomic mass is 79.9. The van der Waals surface area contributed by atoms with E-state index in [2.05, 4.69) is 26.3 Å². The molecule has 1 N–H and O–H groups in total. The first-order chi connectivity index (χ1) is 16.4. The maximum atomic E-state index is 12.7. The molecule has 34 heavy (non-hydrogen) atoms. The molecule has 0 aliphatic heterocycles. The maximum absolute atomic E-state index is 12.7. The lowest BCUT2D eigenvalue weighted by molar-refractivity contribution is -0.384. The summed E-state index contributed by atoms with van der Waals surface area (Å²) in [6.45, 7) is 2.02. The Labute approximate surface area is 203 Å². The monoisotopic (exact) mass is 522 g/mol. The molecule has 172 valence electrons. The molecule has 0 saturated carbocycles. The van der Waals surface area contributed by atoms with E-state index in [-0.39, 0.29) is 29.5 Å². The second kappa shape index (κ2) is 10.2. The minimum Gasteiger partial charge on any atom is -0.471 e. The molecule has 0 aliphatic rings. The summed E-state index contributed by atoms with van der Waals surface area (Å²) in [6.07, 6.45) is 1.60. The Morgan fingerprint density at radius 1 is 1.06 bits per heavy atom. The van der Waals surface area contributed by atoms with Gasteiger partial charge in [0.05, 0.1) is 16.7 Å². The summed E-state index contributed by atoms with van der Waals surface area (Å²) >= 11 is 3.36. The van der Waals surface area contributed by atoms with E-state index < -0.39 is 10.8 Å². The first kappa shape index (κ1) is 23.0. The van der Waals surface area contributed by atoms with Crippen molar-refractivity contribution in [1.29, 1.82) is 0 Å². The van der Waals surface area contributed by atoms with Crippen LogP contribution in [-0.2, 0) is 6.73 Å². The molecule has 0 radical (unpaired) electrons. The minimum absolute atomic E-state index is 0.111. The normalized spacial score (nSPS) is 10.5. The number of nitro groups is 1. The number of halogens is 1. The molecule has 3 aromatic carbocycles. The molecule has 1 amide bonds. The van der Waals surface area contributed by atoms with Crippen LogP contribution in [0.3, 0.4) is 0 Å². The Kier molecular flexibility index (Phi) is 6.88. The van der Waals surface area contributed by atoms with E-state index in [1.54, 1.807) is 30.5 Å². The largest absolute Gasteiger partial charge is 0.471 e. The number of benzene rings is 3. The van der Waals surface area contributed by atoms with E-state index in [0.717, 1.165) is 10.0 Å². The predicted molar refractivity (Wildman–Crippen MR) is 129 cm³/mol. The van der Waals surface area contributed by atoms with Crippen LogP contribution in [0.2, 0.25) is 0 Å². The minimum atomic E-state index is -0.549. The van der Waals surface area contributed by atoms with Gasteiger partial charge in [0.25, 0.3) is 11.6 Å². The van der Waals surface area contributed by atoms with Crippen LogP contribution in [-0.4, -0.2) is 20.6 Å². The molecule has 4 aromatic rings. The topological polar surface area (TPSA) is 109 Å². The third-order valence-corrected chi connectivity index (χ3v) is 5.16. The van der Waals surface area contributed by atoms with Crippen LogP contribution in [0.15, 0.2) is 83.5 Å². The maximum Gasteiger partial charge on any atom is 0.276 e. The summed E-state index contributed by atoms with van der Waals surface area (Å²) in [5.74, 6) is 0.887. The van der Waals surface area contributed by atoms with Crippen molar-refractivity contribution in [3.05, 3.63) is 105 Å². The number of aromatic nitrogens is 2. The molecule has 4 rings (SSSR count). The molecule has 0 spiro atoms. The van der Waals surface area contributed by atoms with Crippen molar-refractivity contribution >= 4 is 33.2 Å². The quantitative estimate of drug-likeness (QED) is 0.226. The summed E-state index contributed by atoms with van der Waals surface area (Å²) in [5, 5.41) is 18.2. The van der Waals surface area contributed by atoms with Crippen LogP contribution in [0.25, 0.3) is 0 Å². The molecule has 1 aromatic heterocycles. The standard InChI is InChI=1S/C24H19BrN4O5/c1-16-3-2-4-21(11-16)34-22-13-18(12-19(14-22)29(31)32)26-24(30)23-9-10-28(27-23)15-33-20-7-5-17(25)6-8-20/h2-14H,15H2,1H3,(H,26,30). The number of nitro benzene ring substituents is 1. The summed E-state index contributed by atoms with van der Waals surface area (Å²) in [7, 11) is 0. The van der Waals surface area contributed by atoms with Gasteiger partial charge in [-0.3, -0.25) is 14.9 Å². The number of nitrogens with zero attached hydrogens (tertiary/aromatic N) is 3. The zero-order valence-corrected chi connectivity index (χ0v) is 19.6. The molecule has 0 unspecified atom stereocenters. The first-order valence-corrected chi connectivity index (χ1v) is 10.9. The number of non-ortho nitro benzene ring substituents is 1. The van der Waals surface area contributed by atoms with Crippen molar-refractivity contribution in [2.24, 2.45) is 0 Å². The average molecular weight is 523 g/mol. The van der Waals surface area contributed by atoms with E-state index >= 15 is 0 Å². The molecule has 1 heterocycles. The number of aryl methyl sites for hydroxylation is 1. The van der Waals surface area contributed by atoms with Gasteiger partial charge >= 0.3 is 0 Å². The fourth-order valence-electron chi connectivity index (χ4n) is 3.06. The van der Waals surface area contributed by atoms with E-state index in [9.17, 15) is 14.9 Å². The predicted octanol–water partition coefficient (Wildman–Crippen LogP) is 5.94. The molecule has 10 heteroatoms. The number of nitrogens with one attached hydrogen (secondary N) is 1. The van der Waals surface area contributed by atoms with Gasteiger partial charge in [-0.25, -0.2) is 4.68 Å². The van der Waals surface area contributed by atoms with Crippen LogP contribution in [0, 0.1) is 17.0 Å². The number of carbonyl (C=O) groups excluding carboxylic acids is 1. The lowest BCUT2D eigenvalue weighted by atomic mass is 10.2. The Hall–Kier alpha value is -4.18. The highest BCUT2D eigenvalue weighted by molar-refractivity contribution is 9.10. The van der Waals surface area contributed by atoms with Crippen LogP contribution >= 0.6 is 15.9 Å². The van der Waals surface area contributed by atoms with Gasteiger partial charge in [0.15, 0.2) is 12.4 Å². The number of ether oxygens (including phenoxy) is 2. The lowest BCUT2D eigenvalue weighted by Crippen LogP contribution is -2.14. The van der Waals surface area contributed by atoms with Gasteiger partial charge in [0.1, 0.15) is 17.2 Å². The van der Waals surface area contributed by atoms with Gasteiger partial charge in [-0.1, -0.05) is 28.1 Å². The van der Waals surface area contributed by atoms with Crippen molar-refractivity contribution in [3.63, 3.8) is 0 Å². The molecule has 0 saturated heterocycles. The molecule has 0 aliphatic carbocycles. The SMILES string of the molecule is Cc1cccc(Oc2cc(NC(=O)c3ccn(COc4ccc(Br)cc4)n3)cc([N+](=O)[O-])c2)c1. The Morgan fingerprint density at radius 3 is 2.59 bits per heavy atom. The summed E-state index contributed by atoms with van der Waals surface area (Å²) in [5.41, 5.74) is 1.11. The number of hydrogen-bond acceptors (Lipinski definition) is 6. The fourth-order valence-corrected chi connectivity index (χ4v) is 3.32. The number of anilines is 1. The third kappa shape index (κ3) is 5.99. The zero-order chi connectivity index (χ0) is 24.1. The average Bonchev–Trinajstić information content (AvgIpc) is 3.28. The zero-order valence-electron chi connectivity index (χ0n) is 18.0. The second-order valence-corrected chi connectivity index (χ2v) is 8.23. The van der Waals surface area contributed by atoms with Gasteiger partial charge in [0, 0.05) is 22.8 Å². The van der Waals surface area contributed by atoms with Gasteiger partial charge in [-0.2, -0.15) is 5.10 Å². The summed E-state index contributed by atoms with van der Waals surface area (Å²) < 4.78 is 13.8. The second-order valence-electron chi connectivity index (χ2n) is 7.31. The van der Waals surface area contributed by atoms with Crippen LogP contribution in [0.5, 0.6) is 17.2 Å². The summed E-state index contributed by atoms with van der Waals surface area (Å²) in [6, 6.07) is 20.2. The van der Waals surface area contributed by atoms with Crippen molar-refractivity contribution in [2.75, 3.05) is 5.32 Å². The molecule has 9 nitrogen and oxygen atoms in total.